The Balaban J connectivity index is 3.67. The zero-order valence-corrected chi connectivity index (χ0v) is 10.7. The fourth-order valence-electron chi connectivity index (χ4n) is 1.42. The molecule has 0 fully saturated rings. The summed E-state index contributed by atoms with van der Waals surface area (Å²) >= 11 is 0. The number of carbonyl (C=O) groups is 1. The number of nitrogens with two attached hydrogens (primary N) is 1. The Labute approximate surface area is 106 Å². The Morgan fingerprint density at radius 1 is 1.47 bits per heavy atom. The molecule has 0 aromatic carbocycles. The number of aryl methyl sites for hydroxylation is 1. The summed E-state index contributed by atoms with van der Waals surface area (Å²) in [6, 6.07) is 0. The van der Waals surface area contributed by atoms with Gasteiger partial charge in [0.05, 0.1) is 6.61 Å². The van der Waals surface area contributed by atoms with E-state index in [4.69, 9.17) is 5.14 Å². The highest BCUT2D eigenvalue weighted by molar-refractivity contribution is 7.89. The first kappa shape index (κ1) is 15.4. The van der Waals surface area contributed by atoms with Gasteiger partial charge >= 0.3 is 12.1 Å². The Kier molecular flexibility index (Phi) is 3.91. The van der Waals surface area contributed by atoms with E-state index < -0.39 is 38.5 Å². The molecule has 11 heteroatoms. The van der Waals surface area contributed by atoms with Crippen LogP contribution in [0.25, 0.3) is 0 Å². The van der Waals surface area contributed by atoms with Crippen LogP contribution in [0.2, 0.25) is 0 Å². The monoisotopic (exact) mass is 301 g/mol. The van der Waals surface area contributed by atoms with Gasteiger partial charge in [-0.25, -0.2) is 18.4 Å². The molecule has 108 valence electrons. The average molecular weight is 301 g/mol. The SMILES string of the molecule is CCOC(=O)c1c(C(F)(F)F)nn(C)c1S(N)(=O)=O. The molecule has 0 aliphatic rings. The van der Waals surface area contributed by atoms with Crippen molar-refractivity contribution in [2.75, 3.05) is 6.61 Å². The highest BCUT2D eigenvalue weighted by atomic mass is 32.2. The van der Waals surface area contributed by atoms with E-state index in [0.717, 1.165) is 7.05 Å². The Morgan fingerprint density at radius 3 is 2.37 bits per heavy atom. The van der Waals surface area contributed by atoms with Crippen molar-refractivity contribution in [2.45, 2.75) is 18.1 Å². The standard InChI is InChI=1S/C8H10F3N3O4S/c1-3-18-7(15)4-5(8(9,10)11)13-14(2)6(4)19(12,16)17/h3H2,1-2H3,(H2,12,16,17). The molecule has 2 N–H and O–H groups in total. The molecule has 19 heavy (non-hydrogen) atoms. The molecular formula is C8H10F3N3O4S. The van der Waals surface area contributed by atoms with Crippen LogP contribution in [-0.2, 0) is 28.0 Å². The molecule has 0 bridgehead atoms. The van der Waals surface area contributed by atoms with Crippen molar-refractivity contribution >= 4 is 16.0 Å². The number of esters is 1. The van der Waals surface area contributed by atoms with Gasteiger partial charge in [-0.05, 0) is 6.92 Å². The van der Waals surface area contributed by atoms with Gasteiger partial charge in [-0.2, -0.15) is 18.3 Å². The topological polar surface area (TPSA) is 104 Å². The third kappa shape index (κ3) is 3.04. The smallest absolute Gasteiger partial charge is 0.436 e. The first-order valence-corrected chi connectivity index (χ1v) is 6.38. The normalized spacial score (nSPS) is 12.5. The van der Waals surface area contributed by atoms with Gasteiger partial charge in [0.15, 0.2) is 10.7 Å². The Bertz CT molecular complexity index is 605. The molecular weight excluding hydrogens is 291 g/mol. The van der Waals surface area contributed by atoms with Crippen molar-refractivity contribution in [1.82, 2.24) is 9.78 Å². The quantitative estimate of drug-likeness (QED) is 0.807. The van der Waals surface area contributed by atoms with E-state index in [1.807, 2.05) is 0 Å². The van der Waals surface area contributed by atoms with Gasteiger partial charge in [0.2, 0.25) is 0 Å². The van der Waals surface area contributed by atoms with Crippen LogP contribution in [0.4, 0.5) is 13.2 Å². The minimum Gasteiger partial charge on any atom is -0.462 e. The van der Waals surface area contributed by atoms with E-state index in [1.54, 1.807) is 0 Å². The fraction of sp³-hybridized carbons (Fsp3) is 0.500. The molecule has 0 unspecified atom stereocenters. The third-order valence-electron chi connectivity index (χ3n) is 2.01. The van der Waals surface area contributed by atoms with Crippen molar-refractivity contribution in [3.8, 4) is 0 Å². The molecule has 1 rings (SSSR count). The number of primary sulfonamides is 1. The van der Waals surface area contributed by atoms with Crippen molar-refractivity contribution < 1.29 is 31.1 Å². The summed E-state index contributed by atoms with van der Waals surface area (Å²) in [5.74, 6) is -1.45. The molecule has 0 atom stereocenters. The van der Waals surface area contributed by atoms with Crippen molar-refractivity contribution in [3.63, 3.8) is 0 Å². The molecule has 0 aliphatic heterocycles. The molecule has 1 aromatic heterocycles. The molecule has 0 spiro atoms. The second-order valence-electron chi connectivity index (χ2n) is 3.42. The van der Waals surface area contributed by atoms with Crippen molar-refractivity contribution in [1.29, 1.82) is 0 Å². The van der Waals surface area contributed by atoms with Crippen LogP contribution >= 0.6 is 0 Å². The lowest BCUT2D eigenvalue weighted by Crippen LogP contribution is -2.21. The van der Waals surface area contributed by atoms with Gasteiger partial charge in [0.25, 0.3) is 10.0 Å². The minimum atomic E-state index is -5.01. The number of sulfonamides is 1. The number of alkyl halides is 3. The summed E-state index contributed by atoms with van der Waals surface area (Å²) in [5, 5.41) is 6.73. The molecule has 0 radical (unpaired) electrons. The summed E-state index contributed by atoms with van der Waals surface area (Å²) in [5.41, 5.74) is -2.86. The van der Waals surface area contributed by atoms with Gasteiger partial charge < -0.3 is 4.74 Å². The highest BCUT2D eigenvalue weighted by Crippen LogP contribution is 2.33. The summed E-state index contributed by atoms with van der Waals surface area (Å²) in [6.45, 7) is 1.13. The summed E-state index contributed by atoms with van der Waals surface area (Å²) in [6.07, 6.45) is -5.01. The number of aromatic nitrogens is 2. The van der Waals surface area contributed by atoms with E-state index in [9.17, 15) is 26.4 Å². The van der Waals surface area contributed by atoms with Gasteiger partial charge in [-0.1, -0.05) is 0 Å². The first-order valence-electron chi connectivity index (χ1n) is 4.84. The Morgan fingerprint density at radius 2 is 2.00 bits per heavy atom. The van der Waals surface area contributed by atoms with Crippen LogP contribution in [0.15, 0.2) is 5.03 Å². The predicted octanol–water partition coefficient (Wildman–Crippen LogP) is 0.263. The highest BCUT2D eigenvalue weighted by Gasteiger charge is 2.43. The van der Waals surface area contributed by atoms with Gasteiger partial charge in [0.1, 0.15) is 5.56 Å². The van der Waals surface area contributed by atoms with E-state index in [1.165, 1.54) is 6.92 Å². The summed E-state index contributed by atoms with van der Waals surface area (Å²) in [4.78, 5) is 11.5. The van der Waals surface area contributed by atoms with Gasteiger partial charge in [0, 0.05) is 7.05 Å². The summed E-state index contributed by atoms with van der Waals surface area (Å²) in [7, 11) is -3.64. The summed E-state index contributed by atoms with van der Waals surface area (Å²) < 4.78 is 65.4. The number of ether oxygens (including phenoxy) is 1. The Hall–Kier alpha value is -1.62. The van der Waals surface area contributed by atoms with Crippen LogP contribution in [0.5, 0.6) is 0 Å². The van der Waals surface area contributed by atoms with E-state index in [0.29, 0.717) is 4.68 Å². The maximum atomic E-state index is 12.7. The van der Waals surface area contributed by atoms with E-state index in [-0.39, 0.29) is 6.61 Å². The number of carbonyl (C=O) groups excluding carboxylic acids is 1. The zero-order valence-electron chi connectivity index (χ0n) is 9.85. The van der Waals surface area contributed by atoms with Crippen molar-refractivity contribution in [2.24, 2.45) is 12.2 Å². The van der Waals surface area contributed by atoms with Crippen molar-refractivity contribution in [3.05, 3.63) is 11.3 Å². The lowest BCUT2D eigenvalue weighted by Gasteiger charge is -2.06. The molecule has 1 aromatic rings. The molecule has 7 nitrogen and oxygen atoms in total. The van der Waals surface area contributed by atoms with Crippen LogP contribution in [0.3, 0.4) is 0 Å². The number of halogens is 3. The first-order chi connectivity index (χ1) is 8.50. The van der Waals surface area contributed by atoms with Crippen LogP contribution in [-0.4, -0.2) is 30.8 Å². The zero-order chi connectivity index (χ0) is 15.0. The number of rotatable bonds is 3. The average Bonchev–Trinajstić information content (AvgIpc) is 2.55. The van der Waals surface area contributed by atoms with Gasteiger partial charge in [-0.3, -0.25) is 4.68 Å². The van der Waals surface area contributed by atoms with E-state index in [2.05, 4.69) is 9.84 Å². The second kappa shape index (κ2) is 4.81. The van der Waals surface area contributed by atoms with Crippen LogP contribution in [0, 0.1) is 0 Å². The van der Waals surface area contributed by atoms with E-state index >= 15 is 0 Å². The maximum absolute atomic E-state index is 12.7. The molecule has 1 heterocycles. The van der Waals surface area contributed by atoms with Crippen LogP contribution < -0.4 is 5.14 Å². The number of nitrogens with zero attached hydrogens (tertiary/aromatic N) is 2. The number of hydrogen-bond acceptors (Lipinski definition) is 5. The molecule has 0 amide bonds. The fourth-order valence-corrected chi connectivity index (χ4v) is 2.29. The lowest BCUT2D eigenvalue weighted by molar-refractivity contribution is -0.142. The van der Waals surface area contributed by atoms with Crippen LogP contribution in [0.1, 0.15) is 23.0 Å². The largest absolute Gasteiger partial charge is 0.462 e. The maximum Gasteiger partial charge on any atom is 0.436 e. The second-order valence-corrected chi connectivity index (χ2v) is 4.89. The predicted molar refractivity (Wildman–Crippen MR) is 55.5 cm³/mol. The molecule has 0 saturated carbocycles. The molecule has 0 saturated heterocycles. The number of hydrogen-bond donors (Lipinski definition) is 1. The third-order valence-corrected chi connectivity index (χ3v) is 3.02. The minimum absolute atomic E-state index is 0.227. The van der Waals surface area contributed by atoms with Gasteiger partial charge in [-0.15, -0.1) is 0 Å². The molecule has 0 aliphatic carbocycles. The lowest BCUT2D eigenvalue weighted by atomic mass is 10.2.